The molecule has 0 amide bonds. The number of para-hydroxylation sites is 4. The maximum Gasteiger partial charge on any atom is 0.0562 e. The third-order valence-electron chi connectivity index (χ3n) is 10.8. The van der Waals surface area contributed by atoms with Crippen molar-refractivity contribution in [2.45, 2.75) is 0 Å². The molecule has 0 saturated heterocycles. The maximum absolute atomic E-state index is 2.50. The van der Waals surface area contributed by atoms with Crippen molar-refractivity contribution in [2.24, 2.45) is 0 Å². The van der Waals surface area contributed by atoms with E-state index in [2.05, 4.69) is 240 Å². The Labute approximate surface area is 327 Å². The van der Waals surface area contributed by atoms with Crippen molar-refractivity contribution in [3.63, 3.8) is 0 Å². The second kappa shape index (κ2) is 14.4. The third-order valence-corrected chi connectivity index (χ3v) is 10.8. The lowest BCUT2D eigenvalue weighted by Crippen LogP contribution is -2.13. The molecule has 2 heteroatoms. The Balaban J connectivity index is 1.28. The summed E-state index contributed by atoms with van der Waals surface area (Å²) in [5, 5.41) is 2.41. The van der Waals surface area contributed by atoms with Crippen LogP contribution in [0.3, 0.4) is 0 Å². The van der Waals surface area contributed by atoms with E-state index < -0.39 is 0 Å². The topological polar surface area (TPSA) is 8.17 Å². The van der Waals surface area contributed by atoms with Crippen LogP contribution in [-0.4, -0.2) is 4.57 Å². The lowest BCUT2D eigenvalue weighted by atomic mass is 9.88. The zero-order chi connectivity index (χ0) is 37.3. The molecule has 0 bridgehead atoms. The Morgan fingerprint density at radius 1 is 0.268 bits per heavy atom. The molecule has 1 heterocycles. The molecule has 56 heavy (non-hydrogen) atoms. The molecular weight excluding hydrogens is 677 g/mol. The SMILES string of the molecule is c1ccc(-c2ccccc2-c2ccccc2-c2ccccc2N(c2ccccc2-c2ccccc2)c2cccc3c2c2ccccc2n3-c2ccccc2)cc1. The Hall–Kier alpha value is -7.42. The quantitative estimate of drug-likeness (QED) is 0.152. The summed E-state index contributed by atoms with van der Waals surface area (Å²) in [6, 6.07) is 83.1. The summed E-state index contributed by atoms with van der Waals surface area (Å²) in [6.07, 6.45) is 0. The summed E-state index contributed by atoms with van der Waals surface area (Å²) in [4.78, 5) is 2.50. The first-order valence-electron chi connectivity index (χ1n) is 19.2. The van der Waals surface area contributed by atoms with Crippen LogP contribution in [-0.2, 0) is 0 Å². The minimum atomic E-state index is 1.10. The van der Waals surface area contributed by atoms with Gasteiger partial charge in [-0.3, -0.25) is 0 Å². The molecule has 0 saturated carbocycles. The molecule has 0 N–H and O–H groups in total. The van der Waals surface area contributed by atoms with Gasteiger partial charge < -0.3 is 9.47 Å². The summed E-state index contributed by atoms with van der Waals surface area (Å²) >= 11 is 0. The van der Waals surface area contributed by atoms with Crippen LogP contribution in [0, 0.1) is 0 Å². The van der Waals surface area contributed by atoms with Gasteiger partial charge in [-0.25, -0.2) is 0 Å². The number of fused-ring (bicyclic) bond motifs is 3. The number of rotatable bonds is 8. The van der Waals surface area contributed by atoms with E-state index in [4.69, 9.17) is 0 Å². The standard InChI is InChI=1S/C54H38N2/c1-4-21-39(22-5-1)42-27-10-11-29-44(42)45-30-12-13-31-46(45)47-32-15-18-35-50(47)56(49-34-17-14-28-43(49)40-23-6-2-7-24-40)53-38-20-37-52-54(53)48-33-16-19-36-51(48)55(52)41-25-8-3-9-26-41/h1-38H. The van der Waals surface area contributed by atoms with Crippen molar-refractivity contribution in [3.8, 4) is 50.2 Å². The van der Waals surface area contributed by atoms with Crippen molar-refractivity contribution < 1.29 is 0 Å². The molecule has 10 aromatic rings. The average molecular weight is 715 g/mol. The van der Waals surface area contributed by atoms with Gasteiger partial charge in [-0.2, -0.15) is 0 Å². The van der Waals surface area contributed by atoms with E-state index >= 15 is 0 Å². The Morgan fingerprint density at radius 2 is 0.679 bits per heavy atom. The minimum absolute atomic E-state index is 1.10. The van der Waals surface area contributed by atoms with E-state index in [-0.39, 0.29) is 0 Å². The van der Waals surface area contributed by atoms with Crippen LogP contribution >= 0.6 is 0 Å². The van der Waals surface area contributed by atoms with Crippen LogP contribution in [0.4, 0.5) is 17.1 Å². The van der Waals surface area contributed by atoms with Crippen molar-refractivity contribution in [2.75, 3.05) is 4.90 Å². The zero-order valence-corrected chi connectivity index (χ0v) is 30.8. The predicted molar refractivity (Wildman–Crippen MR) is 237 cm³/mol. The van der Waals surface area contributed by atoms with Crippen LogP contribution in [0.1, 0.15) is 0 Å². The summed E-state index contributed by atoms with van der Waals surface area (Å²) in [5.74, 6) is 0. The van der Waals surface area contributed by atoms with Crippen LogP contribution in [0.2, 0.25) is 0 Å². The number of nitrogens with zero attached hydrogens (tertiary/aromatic N) is 2. The molecule has 0 atom stereocenters. The molecular formula is C54H38N2. The molecule has 10 rings (SSSR count). The van der Waals surface area contributed by atoms with Crippen LogP contribution < -0.4 is 4.90 Å². The molecule has 0 spiro atoms. The van der Waals surface area contributed by atoms with Gasteiger partial charge >= 0.3 is 0 Å². The number of anilines is 3. The largest absolute Gasteiger partial charge is 0.309 e. The number of hydrogen-bond donors (Lipinski definition) is 0. The van der Waals surface area contributed by atoms with Gasteiger partial charge in [0.1, 0.15) is 0 Å². The van der Waals surface area contributed by atoms with Gasteiger partial charge in [0.2, 0.25) is 0 Å². The monoisotopic (exact) mass is 714 g/mol. The fraction of sp³-hybridized carbons (Fsp3) is 0. The van der Waals surface area contributed by atoms with Crippen LogP contribution in [0.15, 0.2) is 231 Å². The van der Waals surface area contributed by atoms with Gasteiger partial charge in [-0.1, -0.05) is 188 Å². The molecule has 1 aromatic heterocycles. The normalized spacial score (nSPS) is 11.2. The molecule has 0 aliphatic rings. The zero-order valence-electron chi connectivity index (χ0n) is 30.8. The second-order valence-corrected chi connectivity index (χ2v) is 14.1. The van der Waals surface area contributed by atoms with Crippen LogP contribution in [0.25, 0.3) is 72.0 Å². The van der Waals surface area contributed by atoms with Gasteiger partial charge in [-0.15, -0.1) is 0 Å². The highest BCUT2D eigenvalue weighted by Gasteiger charge is 2.25. The Morgan fingerprint density at radius 3 is 1.34 bits per heavy atom. The highest BCUT2D eigenvalue weighted by molar-refractivity contribution is 6.17. The van der Waals surface area contributed by atoms with Crippen LogP contribution in [0.5, 0.6) is 0 Å². The highest BCUT2D eigenvalue weighted by atomic mass is 15.2. The molecule has 264 valence electrons. The van der Waals surface area contributed by atoms with Gasteiger partial charge in [-0.05, 0) is 75.8 Å². The highest BCUT2D eigenvalue weighted by Crippen LogP contribution is 2.50. The lowest BCUT2D eigenvalue weighted by Gasteiger charge is -2.31. The second-order valence-electron chi connectivity index (χ2n) is 14.1. The molecule has 0 radical (unpaired) electrons. The summed E-state index contributed by atoms with van der Waals surface area (Å²) < 4.78 is 2.40. The van der Waals surface area contributed by atoms with E-state index in [1.54, 1.807) is 0 Å². The third kappa shape index (κ3) is 5.76. The van der Waals surface area contributed by atoms with E-state index in [1.165, 1.54) is 49.7 Å². The van der Waals surface area contributed by atoms with Gasteiger partial charge in [0.25, 0.3) is 0 Å². The molecule has 0 aliphatic carbocycles. The van der Waals surface area contributed by atoms with Crippen molar-refractivity contribution >= 4 is 38.9 Å². The lowest BCUT2D eigenvalue weighted by molar-refractivity contribution is 1.18. The number of hydrogen-bond acceptors (Lipinski definition) is 1. The fourth-order valence-corrected chi connectivity index (χ4v) is 8.40. The van der Waals surface area contributed by atoms with E-state index in [1.807, 2.05) is 0 Å². The van der Waals surface area contributed by atoms with E-state index in [0.29, 0.717) is 0 Å². The smallest absolute Gasteiger partial charge is 0.0562 e. The first-order chi connectivity index (χ1) is 27.8. The maximum atomic E-state index is 2.50. The van der Waals surface area contributed by atoms with Gasteiger partial charge in [0.15, 0.2) is 0 Å². The summed E-state index contributed by atoms with van der Waals surface area (Å²) in [6.45, 7) is 0. The Kier molecular flexibility index (Phi) is 8.55. The number of aromatic nitrogens is 1. The summed E-state index contributed by atoms with van der Waals surface area (Å²) in [7, 11) is 0. The first kappa shape index (κ1) is 33.2. The van der Waals surface area contributed by atoms with Gasteiger partial charge in [0, 0.05) is 27.6 Å². The molecule has 2 nitrogen and oxygen atoms in total. The van der Waals surface area contributed by atoms with E-state index in [0.717, 1.165) is 39.4 Å². The minimum Gasteiger partial charge on any atom is -0.309 e. The molecule has 0 aliphatic heterocycles. The van der Waals surface area contributed by atoms with Gasteiger partial charge in [0.05, 0.1) is 28.1 Å². The molecule has 9 aromatic carbocycles. The number of benzene rings is 9. The van der Waals surface area contributed by atoms with E-state index in [9.17, 15) is 0 Å². The van der Waals surface area contributed by atoms with Crippen molar-refractivity contribution in [1.82, 2.24) is 4.57 Å². The molecule has 0 fully saturated rings. The predicted octanol–water partition coefficient (Wildman–Crippen LogP) is 14.9. The summed E-state index contributed by atoms with van der Waals surface area (Å²) in [5.41, 5.74) is 16.3. The van der Waals surface area contributed by atoms with Crippen molar-refractivity contribution in [1.29, 1.82) is 0 Å². The van der Waals surface area contributed by atoms with Crippen molar-refractivity contribution in [3.05, 3.63) is 231 Å². The fourth-order valence-electron chi connectivity index (χ4n) is 8.40. The Bertz CT molecular complexity index is 2960. The first-order valence-corrected chi connectivity index (χ1v) is 19.2. The average Bonchev–Trinajstić information content (AvgIpc) is 3.63. The molecule has 0 unspecified atom stereocenters.